The first-order valence-electron chi connectivity index (χ1n) is 5.22. The lowest BCUT2D eigenvalue weighted by Crippen LogP contribution is -2.03. The molecule has 0 unspecified atom stereocenters. The molecule has 2 heterocycles. The number of rotatable bonds is 2. The average molecular weight is 220 g/mol. The minimum Gasteiger partial charge on any atom is -0.382 e. The second-order valence-electron chi connectivity index (χ2n) is 4.04. The molecule has 6 nitrogen and oxygen atoms in total. The van der Waals surface area contributed by atoms with Crippen molar-refractivity contribution in [3.8, 4) is 0 Å². The maximum atomic E-state index is 5.85. The lowest BCUT2D eigenvalue weighted by Gasteiger charge is -2.04. The van der Waals surface area contributed by atoms with E-state index >= 15 is 0 Å². The zero-order valence-corrected chi connectivity index (χ0v) is 9.94. The van der Waals surface area contributed by atoms with Gasteiger partial charge >= 0.3 is 0 Å². The molecule has 0 amide bonds. The van der Waals surface area contributed by atoms with Crippen molar-refractivity contribution in [2.24, 2.45) is 7.05 Å². The van der Waals surface area contributed by atoms with Crippen LogP contribution in [0.4, 0.5) is 11.8 Å². The molecule has 2 rings (SSSR count). The first-order chi connectivity index (χ1) is 7.54. The van der Waals surface area contributed by atoms with Gasteiger partial charge in [-0.15, -0.1) is 0 Å². The third-order valence-corrected chi connectivity index (χ3v) is 2.52. The molecule has 0 aliphatic carbocycles. The number of nitrogens with one attached hydrogen (secondary N) is 1. The average Bonchev–Trinajstić information content (AvgIpc) is 2.57. The monoisotopic (exact) mass is 220 g/mol. The molecule has 0 saturated carbocycles. The first-order valence-corrected chi connectivity index (χ1v) is 5.22. The van der Waals surface area contributed by atoms with E-state index in [0.717, 1.165) is 11.5 Å². The predicted molar refractivity (Wildman–Crippen MR) is 64.4 cm³/mol. The van der Waals surface area contributed by atoms with Crippen molar-refractivity contribution in [2.45, 2.75) is 19.8 Å². The van der Waals surface area contributed by atoms with Crippen LogP contribution in [0.3, 0.4) is 0 Å². The topological polar surface area (TPSA) is 81.6 Å². The molecule has 6 heteroatoms. The van der Waals surface area contributed by atoms with Gasteiger partial charge in [-0.3, -0.25) is 0 Å². The Kier molecular flexibility index (Phi) is 2.41. The fourth-order valence-electron chi connectivity index (χ4n) is 1.73. The van der Waals surface area contributed by atoms with E-state index in [2.05, 4.69) is 34.1 Å². The lowest BCUT2D eigenvalue weighted by atomic mass is 10.2. The summed E-state index contributed by atoms with van der Waals surface area (Å²) >= 11 is 0. The smallest absolute Gasteiger partial charge is 0.226 e. The molecule has 0 aromatic carbocycles. The van der Waals surface area contributed by atoms with Gasteiger partial charge in [-0.1, -0.05) is 13.8 Å². The number of nitrogens with zero attached hydrogens (tertiary/aromatic N) is 4. The summed E-state index contributed by atoms with van der Waals surface area (Å²) in [6, 6.07) is 0. The summed E-state index contributed by atoms with van der Waals surface area (Å²) in [5.41, 5.74) is 7.28. The number of nitrogens with two attached hydrogens (primary N) is 1. The summed E-state index contributed by atoms with van der Waals surface area (Å²) in [6.07, 6.45) is 0. The van der Waals surface area contributed by atoms with Crippen LogP contribution < -0.4 is 11.1 Å². The van der Waals surface area contributed by atoms with Gasteiger partial charge in [-0.25, -0.2) is 4.98 Å². The second kappa shape index (κ2) is 3.62. The van der Waals surface area contributed by atoms with E-state index in [1.54, 1.807) is 7.05 Å². The molecule has 0 atom stereocenters. The maximum Gasteiger partial charge on any atom is 0.226 e. The molecule has 2 aromatic rings. The van der Waals surface area contributed by atoms with E-state index in [1.807, 2.05) is 11.6 Å². The van der Waals surface area contributed by atoms with E-state index in [0.29, 0.717) is 23.2 Å². The molecular weight excluding hydrogens is 204 g/mol. The van der Waals surface area contributed by atoms with Crippen LogP contribution >= 0.6 is 0 Å². The van der Waals surface area contributed by atoms with E-state index in [4.69, 9.17) is 5.73 Å². The van der Waals surface area contributed by atoms with Gasteiger partial charge in [0.2, 0.25) is 5.95 Å². The highest BCUT2D eigenvalue weighted by molar-refractivity contribution is 5.83. The Labute approximate surface area is 93.9 Å². The fourth-order valence-corrected chi connectivity index (χ4v) is 1.73. The van der Waals surface area contributed by atoms with Gasteiger partial charge < -0.3 is 15.6 Å². The van der Waals surface area contributed by atoms with Crippen molar-refractivity contribution in [2.75, 3.05) is 18.1 Å². The van der Waals surface area contributed by atoms with Crippen LogP contribution in [0.5, 0.6) is 0 Å². The van der Waals surface area contributed by atoms with Crippen molar-refractivity contribution >= 4 is 22.9 Å². The number of aromatic nitrogens is 4. The van der Waals surface area contributed by atoms with Gasteiger partial charge in [0.15, 0.2) is 17.0 Å². The van der Waals surface area contributed by atoms with Gasteiger partial charge in [-0.2, -0.15) is 9.97 Å². The van der Waals surface area contributed by atoms with Crippen LogP contribution in [0.25, 0.3) is 11.2 Å². The standard InChI is InChI=1S/C10H16N6/c1-5(2)8-13-6-7(11)14-10(12-3)15-9(6)16(8)4/h5H,1-4H3,(H3,11,12,14,15). The maximum absolute atomic E-state index is 5.85. The van der Waals surface area contributed by atoms with Crippen molar-refractivity contribution in [1.82, 2.24) is 19.5 Å². The third-order valence-electron chi connectivity index (χ3n) is 2.52. The lowest BCUT2D eigenvalue weighted by molar-refractivity contribution is 0.719. The van der Waals surface area contributed by atoms with E-state index in [9.17, 15) is 0 Å². The normalized spacial score (nSPS) is 11.3. The van der Waals surface area contributed by atoms with Crippen LogP contribution in [-0.2, 0) is 7.05 Å². The predicted octanol–water partition coefficient (Wildman–Crippen LogP) is 1.11. The molecule has 2 aromatic heterocycles. The molecular formula is C10H16N6. The Balaban J connectivity index is 2.76. The van der Waals surface area contributed by atoms with E-state index in [1.165, 1.54) is 0 Å². The molecule has 0 saturated heterocycles. The van der Waals surface area contributed by atoms with Gasteiger partial charge in [0.05, 0.1) is 0 Å². The zero-order chi connectivity index (χ0) is 11.9. The molecule has 0 aliphatic rings. The molecule has 16 heavy (non-hydrogen) atoms. The van der Waals surface area contributed by atoms with Crippen molar-refractivity contribution in [1.29, 1.82) is 0 Å². The Morgan fingerprint density at radius 1 is 1.25 bits per heavy atom. The summed E-state index contributed by atoms with van der Waals surface area (Å²) in [5.74, 6) is 2.22. The molecule has 3 N–H and O–H groups in total. The second-order valence-corrected chi connectivity index (χ2v) is 4.04. The van der Waals surface area contributed by atoms with E-state index in [-0.39, 0.29) is 0 Å². The van der Waals surface area contributed by atoms with Crippen LogP contribution in [0.15, 0.2) is 0 Å². The summed E-state index contributed by atoms with van der Waals surface area (Å²) in [5, 5.41) is 2.88. The highest BCUT2D eigenvalue weighted by Gasteiger charge is 2.15. The van der Waals surface area contributed by atoms with Crippen LogP contribution in [0.1, 0.15) is 25.6 Å². The Hall–Kier alpha value is -1.85. The summed E-state index contributed by atoms with van der Waals surface area (Å²) in [6.45, 7) is 4.17. The van der Waals surface area contributed by atoms with Crippen molar-refractivity contribution in [3.05, 3.63) is 5.82 Å². The highest BCUT2D eigenvalue weighted by atomic mass is 15.2. The van der Waals surface area contributed by atoms with E-state index < -0.39 is 0 Å². The Morgan fingerprint density at radius 2 is 1.94 bits per heavy atom. The molecule has 0 spiro atoms. The highest BCUT2D eigenvalue weighted by Crippen LogP contribution is 2.23. The number of anilines is 2. The summed E-state index contributed by atoms with van der Waals surface area (Å²) < 4.78 is 1.96. The quantitative estimate of drug-likeness (QED) is 0.792. The third kappa shape index (κ3) is 1.46. The van der Waals surface area contributed by atoms with Crippen LogP contribution in [0.2, 0.25) is 0 Å². The SMILES string of the molecule is CNc1nc(N)c2nc(C(C)C)n(C)c2n1. The van der Waals surface area contributed by atoms with Crippen molar-refractivity contribution in [3.63, 3.8) is 0 Å². The number of aryl methyl sites for hydroxylation is 1. The van der Waals surface area contributed by atoms with Gasteiger partial charge in [0.1, 0.15) is 5.82 Å². The molecule has 0 aliphatic heterocycles. The minimum absolute atomic E-state index is 0.330. The molecule has 0 radical (unpaired) electrons. The summed E-state index contributed by atoms with van der Waals surface area (Å²) in [4.78, 5) is 12.9. The number of nitrogen functional groups attached to an aromatic ring is 1. The zero-order valence-electron chi connectivity index (χ0n) is 9.94. The van der Waals surface area contributed by atoms with Gasteiger partial charge in [-0.05, 0) is 0 Å². The molecule has 0 fully saturated rings. The first kappa shape index (κ1) is 10.7. The Bertz CT molecular complexity index is 528. The number of fused-ring (bicyclic) bond motifs is 1. The fraction of sp³-hybridized carbons (Fsp3) is 0.500. The number of hydrogen-bond donors (Lipinski definition) is 2. The summed E-state index contributed by atoms with van der Waals surface area (Å²) in [7, 11) is 3.71. The largest absolute Gasteiger partial charge is 0.382 e. The number of imidazole rings is 1. The minimum atomic E-state index is 0.330. The van der Waals surface area contributed by atoms with Crippen molar-refractivity contribution < 1.29 is 0 Å². The molecule has 0 bridgehead atoms. The molecule has 86 valence electrons. The van der Waals surface area contributed by atoms with Gasteiger partial charge in [0.25, 0.3) is 0 Å². The number of hydrogen-bond acceptors (Lipinski definition) is 5. The van der Waals surface area contributed by atoms with Crippen LogP contribution in [0, 0.1) is 0 Å². The Morgan fingerprint density at radius 3 is 2.50 bits per heavy atom. The van der Waals surface area contributed by atoms with Crippen LogP contribution in [-0.4, -0.2) is 26.6 Å². The van der Waals surface area contributed by atoms with Gasteiger partial charge in [0, 0.05) is 20.0 Å².